The minimum absolute atomic E-state index is 0.101. The highest BCUT2D eigenvalue weighted by molar-refractivity contribution is 5.92. The second-order valence-electron chi connectivity index (χ2n) is 6.48. The Morgan fingerprint density at radius 3 is 2.52 bits per heavy atom. The number of rotatable bonds is 4. The quantitative estimate of drug-likeness (QED) is 0.899. The largest absolute Gasteiger partial charge is 0.484 e. The third-order valence-corrected chi connectivity index (χ3v) is 4.20. The predicted octanol–water partition coefficient (Wildman–Crippen LogP) is 3.18. The Balaban J connectivity index is 2.18. The first-order valence-electron chi connectivity index (χ1n) is 7.85. The van der Waals surface area contributed by atoms with Crippen molar-refractivity contribution in [2.24, 2.45) is 11.0 Å². The van der Waals surface area contributed by atoms with Gasteiger partial charge in [-0.2, -0.15) is 23.3 Å². The summed E-state index contributed by atoms with van der Waals surface area (Å²) in [6, 6.07) is 5.09. The number of hydrogen-bond donors (Lipinski definition) is 1. The predicted molar refractivity (Wildman–Crippen MR) is 86.2 cm³/mol. The normalized spacial score (nSPS) is 20.8. The van der Waals surface area contributed by atoms with E-state index < -0.39 is 30.8 Å². The molecule has 1 amide bonds. The molecule has 0 radical (unpaired) electrons. The molecule has 1 aliphatic heterocycles. The fourth-order valence-electron chi connectivity index (χ4n) is 2.39. The maximum Gasteiger partial charge on any atom is 0.438 e. The fourth-order valence-corrected chi connectivity index (χ4v) is 2.39. The Morgan fingerprint density at radius 1 is 1.36 bits per heavy atom. The van der Waals surface area contributed by atoms with E-state index in [9.17, 15) is 23.1 Å². The molecule has 0 saturated carbocycles. The Kier molecular flexibility index (Phi) is 5.13. The number of ether oxygens (including phenoxy) is 1. The first kappa shape index (κ1) is 19.2. The number of carbonyl (C=O) groups is 1. The van der Waals surface area contributed by atoms with E-state index in [-0.39, 0.29) is 16.6 Å². The van der Waals surface area contributed by atoms with Crippen molar-refractivity contribution >= 4 is 11.6 Å². The molecule has 1 unspecified atom stereocenters. The summed E-state index contributed by atoms with van der Waals surface area (Å²) < 4.78 is 45.2. The number of aliphatic hydroxyl groups is 1. The van der Waals surface area contributed by atoms with Crippen LogP contribution in [0.2, 0.25) is 0 Å². The summed E-state index contributed by atoms with van der Waals surface area (Å²) in [4.78, 5) is 12.2. The van der Waals surface area contributed by atoms with E-state index in [1.54, 1.807) is 32.0 Å². The van der Waals surface area contributed by atoms with Crippen LogP contribution >= 0.6 is 0 Å². The fraction of sp³-hybridized carbons (Fsp3) is 0.529. The van der Waals surface area contributed by atoms with Crippen molar-refractivity contribution in [1.29, 1.82) is 0 Å². The molecule has 1 N–H and O–H groups in total. The van der Waals surface area contributed by atoms with Gasteiger partial charge in [0.2, 0.25) is 0 Å². The van der Waals surface area contributed by atoms with Crippen LogP contribution in [0, 0.1) is 19.8 Å². The second kappa shape index (κ2) is 6.67. The van der Waals surface area contributed by atoms with Crippen molar-refractivity contribution < 1.29 is 27.8 Å². The smallest absolute Gasteiger partial charge is 0.438 e. The summed E-state index contributed by atoms with van der Waals surface area (Å²) in [7, 11) is 0. The lowest BCUT2D eigenvalue weighted by Gasteiger charge is -2.32. The van der Waals surface area contributed by atoms with Gasteiger partial charge in [-0.15, -0.1) is 0 Å². The van der Waals surface area contributed by atoms with Gasteiger partial charge in [-0.3, -0.25) is 4.79 Å². The summed E-state index contributed by atoms with van der Waals surface area (Å²) in [5.41, 5.74) is -1.27. The van der Waals surface area contributed by atoms with Gasteiger partial charge in [-0.25, -0.2) is 0 Å². The van der Waals surface area contributed by atoms with Crippen LogP contribution in [0.15, 0.2) is 23.3 Å². The van der Waals surface area contributed by atoms with Gasteiger partial charge in [0.1, 0.15) is 5.75 Å². The SMILES string of the molecule is Cc1ccc(OCC(=O)N2N=C(C(C)C)CC2(O)C(F)(F)F)cc1C. The zero-order valence-corrected chi connectivity index (χ0v) is 14.5. The first-order valence-corrected chi connectivity index (χ1v) is 7.85. The van der Waals surface area contributed by atoms with Crippen molar-refractivity contribution in [3.63, 3.8) is 0 Å². The molecule has 5 nitrogen and oxygen atoms in total. The van der Waals surface area contributed by atoms with Gasteiger partial charge in [-0.05, 0) is 43.0 Å². The van der Waals surface area contributed by atoms with E-state index >= 15 is 0 Å². The molecule has 0 spiro atoms. The van der Waals surface area contributed by atoms with Crippen LogP contribution in [0.4, 0.5) is 13.2 Å². The number of amides is 1. The van der Waals surface area contributed by atoms with Crippen molar-refractivity contribution in [2.45, 2.75) is 46.0 Å². The summed E-state index contributed by atoms with van der Waals surface area (Å²) in [5, 5.41) is 13.9. The van der Waals surface area contributed by atoms with Crippen LogP contribution in [-0.2, 0) is 4.79 Å². The van der Waals surface area contributed by atoms with Gasteiger partial charge >= 0.3 is 6.18 Å². The molecule has 25 heavy (non-hydrogen) atoms. The summed E-state index contributed by atoms with van der Waals surface area (Å²) in [6.45, 7) is 6.40. The Morgan fingerprint density at radius 2 is 2.00 bits per heavy atom. The van der Waals surface area contributed by atoms with Gasteiger partial charge in [0.15, 0.2) is 6.61 Å². The van der Waals surface area contributed by atoms with Crippen LogP contribution in [0.3, 0.4) is 0 Å². The summed E-state index contributed by atoms with van der Waals surface area (Å²) >= 11 is 0. The van der Waals surface area contributed by atoms with Gasteiger partial charge < -0.3 is 9.84 Å². The van der Waals surface area contributed by atoms with Gasteiger partial charge in [0, 0.05) is 12.1 Å². The molecule has 0 bridgehead atoms. The molecule has 0 aliphatic carbocycles. The Bertz CT molecular complexity index is 701. The van der Waals surface area contributed by atoms with E-state index in [0.717, 1.165) is 11.1 Å². The van der Waals surface area contributed by atoms with Crippen molar-refractivity contribution in [3.05, 3.63) is 29.3 Å². The molecular formula is C17H21F3N2O3. The van der Waals surface area contributed by atoms with Gasteiger partial charge in [0.05, 0.1) is 0 Å². The average molecular weight is 358 g/mol. The molecule has 1 heterocycles. The summed E-state index contributed by atoms with van der Waals surface area (Å²) in [5.74, 6) is -1.03. The van der Waals surface area contributed by atoms with Gasteiger partial charge in [-0.1, -0.05) is 19.9 Å². The van der Waals surface area contributed by atoms with E-state index in [2.05, 4.69) is 5.10 Å². The lowest BCUT2D eigenvalue weighted by molar-refractivity contribution is -0.302. The van der Waals surface area contributed by atoms with Crippen LogP contribution in [0.25, 0.3) is 0 Å². The molecule has 138 valence electrons. The number of hydrazone groups is 1. The maximum atomic E-state index is 13.3. The number of halogens is 3. The van der Waals surface area contributed by atoms with E-state index in [0.29, 0.717) is 5.75 Å². The van der Waals surface area contributed by atoms with Crippen LogP contribution in [0.5, 0.6) is 5.75 Å². The Labute approximate surface area is 144 Å². The molecule has 1 aliphatic rings. The number of hydrogen-bond acceptors (Lipinski definition) is 4. The highest BCUT2D eigenvalue weighted by atomic mass is 19.4. The van der Waals surface area contributed by atoms with Crippen molar-refractivity contribution in [1.82, 2.24) is 5.01 Å². The minimum Gasteiger partial charge on any atom is -0.484 e. The number of benzene rings is 1. The second-order valence-corrected chi connectivity index (χ2v) is 6.48. The van der Waals surface area contributed by atoms with Crippen molar-refractivity contribution in [2.75, 3.05) is 6.61 Å². The number of alkyl halides is 3. The average Bonchev–Trinajstić information content (AvgIpc) is 2.87. The third kappa shape index (κ3) is 3.78. The van der Waals surface area contributed by atoms with E-state index in [1.807, 2.05) is 13.8 Å². The zero-order valence-electron chi connectivity index (χ0n) is 14.5. The highest BCUT2D eigenvalue weighted by Gasteiger charge is 2.63. The molecule has 0 fully saturated rings. The number of nitrogens with zero attached hydrogens (tertiary/aromatic N) is 2. The van der Waals surface area contributed by atoms with Crippen LogP contribution in [-0.4, -0.2) is 40.2 Å². The van der Waals surface area contributed by atoms with E-state index in [4.69, 9.17) is 4.74 Å². The molecule has 0 saturated heterocycles. The van der Waals surface area contributed by atoms with Crippen LogP contribution < -0.4 is 4.74 Å². The standard InChI is InChI=1S/C17H21F3N2O3/c1-10(2)14-8-16(24,17(18,19)20)22(21-14)15(23)9-25-13-6-5-11(3)12(4)7-13/h5-7,10,24H,8-9H2,1-4H3. The molecule has 1 aromatic rings. The third-order valence-electron chi connectivity index (χ3n) is 4.20. The number of aryl methyl sites for hydroxylation is 2. The molecule has 1 atom stereocenters. The maximum absolute atomic E-state index is 13.3. The molecule has 8 heteroatoms. The van der Waals surface area contributed by atoms with Gasteiger partial charge in [0.25, 0.3) is 11.6 Å². The number of carbonyl (C=O) groups excluding carboxylic acids is 1. The topological polar surface area (TPSA) is 62.1 Å². The van der Waals surface area contributed by atoms with E-state index in [1.165, 1.54) is 0 Å². The molecule has 1 aromatic carbocycles. The van der Waals surface area contributed by atoms with Crippen LogP contribution in [0.1, 0.15) is 31.4 Å². The minimum atomic E-state index is -5.02. The zero-order chi connectivity index (χ0) is 19.0. The van der Waals surface area contributed by atoms with Crippen molar-refractivity contribution in [3.8, 4) is 5.75 Å². The lowest BCUT2D eigenvalue weighted by atomic mass is 9.99. The lowest BCUT2D eigenvalue weighted by Crippen LogP contribution is -2.57. The molecule has 0 aromatic heterocycles. The Hall–Kier alpha value is -2.09. The highest BCUT2D eigenvalue weighted by Crippen LogP contribution is 2.41. The molecule has 2 rings (SSSR count). The molecular weight excluding hydrogens is 337 g/mol. The monoisotopic (exact) mass is 358 g/mol. The first-order chi connectivity index (χ1) is 11.5. The summed E-state index contributed by atoms with van der Waals surface area (Å²) in [6.07, 6.45) is -5.78.